The number of rotatable bonds is 3. The molecule has 1 fully saturated rings. The summed E-state index contributed by atoms with van der Waals surface area (Å²) in [6.45, 7) is 2.11. The van der Waals surface area contributed by atoms with Crippen molar-refractivity contribution in [1.82, 2.24) is 4.98 Å². The van der Waals surface area contributed by atoms with Crippen LogP contribution >= 0.6 is 0 Å². The topological polar surface area (TPSA) is 94.1 Å². The Balaban J connectivity index is 2.23. The van der Waals surface area contributed by atoms with Gasteiger partial charge in [-0.05, 0) is 19.8 Å². The molecule has 92 valence electrons. The maximum Gasteiger partial charge on any atom is 0.276 e. The third-order valence-electron chi connectivity index (χ3n) is 3.18. The molecular weight excluding hydrogens is 220 g/mol. The van der Waals surface area contributed by atoms with Gasteiger partial charge in [0, 0.05) is 5.54 Å². The summed E-state index contributed by atoms with van der Waals surface area (Å²) in [5, 5.41) is 14.0. The molecular formula is C11H16N4O2. The van der Waals surface area contributed by atoms with Gasteiger partial charge in [0.1, 0.15) is 11.6 Å². The van der Waals surface area contributed by atoms with Gasteiger partial charge in [0.2, 0.25) is 0 Å². The standard InChI is InChI=1S/C11H16N4O2/c1-11(4-2-3-5-11)14-10-7-8(15(16)17)6-9(12)13-10/h6-7H,2-5H2,1H3,(H3,12,13,14). The minimum Gasteiger partial charge on any atom is -0.383 e. The highest BCUT2D eigenvalue weighted by molar-refractivity contribution is 5.53. The van der Waals surface area contributed by atoms with Crippen LogP contribution in [-0.4, -0.2) is 15.4 Å². The highest BCUT2D eigenvalue weighted by Crippen LogP contribution is 2.33. The molecule has 2 rings (SSSR count). The lowest BCUT2D eigenvalue weighted by atomic mass is 10.0. The van der Waals surface area contributed by atoms with E-state index in [2.05, 4.69) is 17.2 Å². The van der Waals surface area contributed by atoms with E-state index >= 15 is 0 Å². The van der Waals surface area contributed by atoms with Crippen LogP contribution in [0, 0.1) is 10.1 Å². The minimum absolute atomic E-state index is 0.0192. The Labute approximate surface area is 99.4 Å². The van der Waals surface area contributed by atoms with Crippen LogP contribution in [0.3, 0.4) is 0 Å². The number of anilines is 2. The molecule has 17 heavy (non-hydrogen) atoms. The maximum absolute atomic E-state index is 10.7. The van der Waals surface area contributed by atoms with E-state index in [-0.39, 0.29) is 17.0 Å². The van der Waals surface area contributed by atoms with E-state index < -0.39 is 4.92 Å². The van der Waals surface area contributed by atoms with E-state index in [9.17, 15) is 10.1 Å². The predicted molar refractivity (Wildman–Crippen MR) is 65.8 cm³/mol. The van der Waals surface area contributed by atoms with Crippen LogP contribution in [0.25, 0.3) is 0 Å². The number of nitrogen functional groups attached to an aromatic ring is 1. The minimum atomic E-state index is -0.458. The monoisotopic (exact) mass is 236 g/mol. The third-order valence-corrected chi connectivity index (χ3v) is 3.18. The summed E-state index contributed by atoms with van der Waals surface area (Å²) in [5.41, 5.74) is 5.51. The maximum atomic E-state index is 10.7. The van der Waals surface area contributed by atoms with E-state index in [1.165, 1.54) is 25.0 Å². The summed E-state index contributed by atoms with van der Waals surface area (Å²) < 4.78 is 0. The fourth-order valence-corrected chi connectivity index (χ4v) is 2.30. The van der Waals surface area contributed by atoms with Gasteiger partial charge >= 0.3 is 0 Å². The molecule has 6 nitrogen and oxygen atoms in total. The Morgan fingerprint density at radius 2 is 2.12 bits per heavy atom. The number of hydrogen-bond donors (Lipinski definition) is 2. The summed E-state index contributed by atoms with van der Waals surface area (Å²) in [5.74, 6) is 0.657. The van der Waals surface area contributed by atoms with Crippen molar-refractivity contribution in [3.05, 3.63) is 22.2 Å². The fraction of sp³-hybridized carbons (Fsp3) is 0.545. The number of aromatic nitrogens is 1. The first-order chi connectivity index (χ1) is 7.98. The Morgan fingerprint density at radius 1 is 1.47 bits per heavy atom. The molecule has 1 saturated carbocycles. The first kappa shape index (κ1) is 11.6. The zero-order valence-electron chi connectivity index (χ0n) is 9.77. The van der Waals surface area contributed by atoms with Gasteiger partial charge in [-0.2, -0.15) is 0 Å². The molecule has 1 aliphatic carbocycles. The number of pyridine rings is 1. The van der Waals surface area contributed by atoms with Crippen LogP contribution in [0.5, 0.6) is 0 Å². The summed E-state index contributed by atoms with van der Waals surface area (Å²) in [6.07, 6.45) is 4.45. The second-order valence-electron chi connectivity index (χ2n) is 4.79. The Morgan fingerprint density at radius 3 is 2.71 bits per heavy atom. The van der Waals surface area contributed by atoms with Gasteiger partial charge in [0.25, 0.3) is 5.69 Å². The van der Waals surface area contributed by atoms with Crippen molar-refractivity contribution in [1.29, 1.82) is 0 Å². The van der Waals surface area contributed by atoms with Crippen LogP contribution in [0.4, 0.5) is 17.3 Å². The average Bonchev–Trinajstić information content (AvgIpc) is 2.63. The van der Waals surface area contributed by atoms with E-state index in [0.717, 1.165) is 12.8 Å². The van der Waals surface area contributed by atoms with Crippen LogP contribution in [-0.2, 0) is 0 Å². The lowest BCUT2D eigenvalue weighted by molar-refractivity contribution is -0.384. The van der Waals surface area contributed by atoms with Crippen molar-refractivity contribution in [2.45, 2.75) is 38.1 Å². The Kier molecular flexibility index (Phi) is 2.87. The SMILES string of the molecule is CC1(Nc2cc([N+](=O)[O-])cc(N)n2)CCCC1. The van der Waals surface area contributed by atoms with Crippen molar-refractivity contribution >= 4 is 17.3 Å². The molecule has 0 spiro atoms. The number of nitrogens with one attached hydrogen (secondary N) is 1. The third kappa shape index (κ3) is 2.64. The van der Waals surface area contributed by atoms with Crippen molar-refractivity contribution in [3.8, 4) is 0 Å². The van der Waals surface area contributed by atoms with Crippen LogP contribution in [0.15, 0.2) is 12.1 Å². The summed E-state index contributed by atoms with van der Waals surface area (Å²) in [6, 6.07) is 2.70. The lowest BCUT2D eigenvalue weighted by Crippen LogP contribution is -2.31. The molecule has 0 aromatic carbocycles. The number of hydrogen-bond acceptors (Lipinski definition) is 5. The number of nitrogens with zero attached hydrogens (tertiary/aromatic N) is 2. The van der Waals surface area contributed by atoms with Crippen molar-refractivity contribution in [2.75, 3.05) is 11.1 Å². The van der Waals surface area contributed by atoms with E-state index in [1.54, 1.807) is 0 Å². The van der Waals surface area contributed by atoms with Gasteiger partial charge < -0.3 is 11.1 Å². The highest BCUT2D eigenvalue weighted by Gasteiger charge is 2.29. The van der Waals surface area contributed by atoms with Crippen LogP contribution in [0.1, 0.15) is 32.6 Å². The van der Waals surface area contributed by atoms with Gasteiger partial charge in [-0.3, -0.25) is 10.1 Å². The smallest absolute Gasteiger partial charge is 0.276 e. The summed E-state index contributed by atoms with van der Waals surface area (Å²) in [7, 11) is 0. The van der Waals surface area contributed by atoms with Crippen LogP contribution in [0.2, 0.25) is 0 Å². The molecule has 1 aliphatic rings. The van der Waals surface area contributed by atoms with E-state index in [4.69, 9.17) is 5.73 Å². The Bertz CT molecular complexity index is 441. The number of nitro groups is 1. The quantitative estimate of drug-likeness (QED) is 0.620. The highest BCUT2D eigenvalue weighted by atomic mass is 16.6. The zero-order chi connectivity index (χ0) is 12.5. The molecule has 1 aromatic rings. The second kappa shape index (κ2) is 4.20. The van der Waals surface area contributed by atoms with Crippen LogP contribution < -0.4 is 11.1 Å². The molecule has 0 unspecified atom stereocenters. The van der Waals surface area contributed by atoms with Gasteiger partial charge in [-0.25, -0.2) is 4.98 Å². The Hall–Kier alpha value is -1.85. The molecule has 0 atom stereocenters. The van der Waals surface area contributed by atoms with Gasteiger partial charge in [-0.1, -0.05) is 12.8 Å². The zero-order valence-corrected chi connectivity index (χ0v) is 9.77. The largest absolute Gasteiger partial charge is 0.383 e. The normalized spacial score (nSPS) is 17.9. The summed E-state index contributed by atoms with van der Waals surface area (Å²) in [4.78, 5) is 14.3. The van der Waals surface area contributed by atoms with E-state index in [0.29, 0.717) is 5.82 Å². The second-order valence-corrected chi connectivity index (χ2v) is 4.79. The van der Waals surface area contributed by atoms with E-state index in [1.807, 2.05) is 0 Å². The molecule has 0 amide bonds. The molecule has 0 aliphatic heterocycles. The lowest BCUT2D eigenvalue weighted by Gasteiger charge is -2.25. The van der Waals surface area contributed by atoms with Crippen molar-refractivity contribution in [2.24, 2.45) is 0 Å². The van der Waals surface area contributed by atoms with Crippen molar-refractivity contribution in [3.63, 3.8) is 0 Å². The molecule has 0 saturated heterocycles. The van der Waals surface area contributed by atoms with Crippen molar-refractivity contribution < 1.29 is 4.92 Å². The number of nitrogens with two attached hydrogens (primary N) is 1. The molecule has 1 aromatic heterocycles. The van der Waals surface area contributed by atoms with Gasteiger partial charge in [-0.15, -0.1) is 0 Å². The molecule has 3 N–H and O–H groups in total. The van der Waals surface area contributed by atoms with Gasteiger partial charge in [0.05, 0.1) is 17.1 Å². The summed E-state index contributed by atoms with van der Waals surface area (Å²) >= 11 is 0. The molecule has 1 heterocycles. The molecule has 0 radical (unpaired) electrons. The van der Waals surface area contributed by atoms with Gasteiger partial charge in [0.15, 0.2) is 0 Å². The first-order valence-electron chi connectivity index (χ1n) is 5.69. The molecule has 6 heteroatoms. The predicted octanol–water partition coefficient (Wildman–Crippen LogP) is 2.32. The fourth-order valence-electron chi connectivity index (χ4n) is 2.30. The average molecular weight is 236 g/mol. The first-order valence-corrected chi connectivity index (χ1v) is 5.69. The molecule has 0 bridgehead atoms.